The second kappa shape index (κ2) is 9.83. The van der Waals surface area contributed by atoms with Gasteiger partial charge in [-0.15, -0.1) is 0 Å². The van der Waals surface area contributed by atoms with Gasteiger partial charge in [0.25, 0.3) is 5.69 Å². The molecular formula is C28H25ClN4O5. The molecule has 0 unspecified atom stereocenters. The maximum absolute atomic E-state index is 13.6. The number of benzene rings is 3. The summed E-state index contributed by atoms with van der Waals surface area (Å²) in [4.78, 5) is 38.7. The average Bonchev–Trinajstić information content (AvgIpc) is 3.24. The molecule has 0 atom stereocenters. The van der Waals surface area contributed by atoms with Crippen LogP contribution in [0.3, 0.4) is 0 Å². The standard InChI is InChI=1S/C28H25ClN4O5/c1-16-14-21-25(18-8-10-19(29)11-9-18)20(15-24(34)38-3)17(2)26-27(21)31(16)12-13-32(26)28(35)30-22-6-4-5-7-23(22)33(36)37/h4-11,14H,12-13,15H2,1-3H3,(H,30,35). The molecule has 0 aliphatic carbocycles. The van der Waals surface area contributed by atoms with Gasteiger partial charge < -0.3 is 14.6 Å². The van der Waals surface area contributed by atoms with Crippen LogP contribution in [0.15, 0.2) is 54.6 Å². The maximum atomic E-state index is 13.6. The van der Waals surface area contributed by atoms with E-state index < -0.39 is 16.9 Å². The number of hydrogen-bond acceptors (Lipinski definition) is 5. The fourth-order valence-corrected chi connectivity index (χ4v) is 5.36. The van der Waals surface area contributed by atoms with Crippen molar-refractivity contribution in [2.45, 2.75) is 26.8 Å². The Morgan fingerprint density at radius 1 is 1.11 bits per heavy atom. The van der Waals surface area contributed by atoms with Gasteiger partial charge in [-0.05, 0) is 60.4 Å². The van der Waals surface area contributed by atoms with Crippen LogP contribution >= 0.6 is 11.6 Å². The van der Waals surface area contributed by atoms with Crippen molar-refractivity contribution in [2.75, 3.05) is 23.9 Å². The molecule has 1 aliphatic heterocycles. The van der Waals surface area contributed by atoms with Gasteiger partial charge in [0.1, 0.15) is 5.69 Å². The molecule has 4 aromatic rings. The number of anilines is 2. The molecular weight excluding hydrogens is 508 g/mol. The number of esters is 1. The monoisotopic (exact) mass is 532 g/mol. The Bertz CT molecular complexity index is 1610. The minimum absolute atomic E-state index is 0.00702. The quantitative estimate of drug-likeness (QED) is 0.185. The largest absolute Gasteiger partial charge is 0.469 e. The number of carbonyl (C=O) groups excluding carboxylic acids is 2. The first kappa shape index (κ1) is 25.3. The highest BCUT2D eigenvalue weighted by Gasteiger charge is 2.32. The number of nitrogens with one attached hydrogen (secondary N) is 1. The first-order valence-corrected chi connectivity index (χ1v) is 12.4. The third kappa shape index (κ3) is 4.24. The number of aryl methyl sites for hydroxylation is 1. The van der Waals surface area contributed by atoms with E-state index in [2.05, 4.69) is 16.0 Å². The summed E-state index contributed by atoms with van der Waals surface area (Å²) in [6, 6.07) is 15.0. The minimum atomic E-state index is -0.529. The summed E-state index contributed by atoms with van der Waals surface area (Å²) in [6.45, 7) is 4.79. The molecule has 10 heteroatoms. The number of ether oxygens (including phenoxy) is 1. The molecule has 1 N–H and O–H groups in total. The van der Waals surface area contributed by atoms with Crippen molar-refractivity contribution in [1.29, 1.82) is 0 Å². The van der Waals surface area contributed by atoms with Crippen LogP contribution in [0.4, 0.5) is 21.9 Å². The molecule has 0 spiro atoms. The highest BCUT2D eigenvalue weighted by atomic mass is 35.5. The number of halogens is 1. The van der Waals surface area contributed by atoms with Crippen LogP contribution < -0.4 is 10.2 Å². The van der Waals surface area contributed by atoms with Crippen molar-refractivity contribution in [3.8, 4) is 11.1 Å². The van der Waals surface area contributed by atoms with Crippen LogP contribution in [-0.4, -0.2) is 35.1 Å². The number of hydrogen-bond donors (Lipinski definition) is 1. The second-order valence-electron chi connectivity index (χ2n) is 9.14. The van der Waals surface area contributed by atoms with E-state index in [-0.39, 0.29) is 17.8 Å². The molecule has 38 heavy (non-hydrogen) atoms. The van der Waals surface area contributed by atoms with Gasteiger partial charge in [-0.1, -0.05) is 35.9 Å². The lowest BCUT2D eigenvalue weighted by Gasteiger charge is -2.33. The number of nitro benzene ring substituents is 1. The lowest BCUT2D eigenvalue weighted by molar-refractivity contribution is -0.383. The molecule has 0 saturated carbocycles. The Morgan fingerprint density at radius 3 is 2.50 bits per heavy atom. The van der Waals surface area contributed by atoms with Gasteiger partial charge in [-0.2, -0.15) is 0 Å². The van der Waals surface area contributed by atoms with E-state index in [0.29, 0.717) is 23.8 Å². The maximum Gasteiger partial charge on any atom is 0.326 e. The lowest BCUT2D eigenvalue weighted by Crippen LogP contribution is -2.41. The van der Waals surface area contributed by atoms with Gasteiger partial charge in [-0.3, -0.25) is 19.8 Å². The molecule has 0 radical (unpaired) electrons. The van der Waals surface area contributed by atoms with Crippen LogP contribution in [0.25, 0.3) is 22.0 Å². The van der Waals surface area contributed by atoms with E-state index in [9.17, 15) is 19.7 Å². The van der Waals surface area contributed by atoms with Crippen molar-refractivity contribution < 1.29 is 19.2 Å². The Hall–Kier alpha value is -4.37. The summed E-state index contributed by atoms with van der Waals surface area (Å²) >= 11 is 6.16. The van der Waals surface area contributed by atoms with Crippen LogP contribution in [0.2, 0.25) is 5.02 Å². The lowest BCUT2D eigenvalue weighted by atomic mass is 9.88. The van der Waals surface area contributed by atoms with E-state index in [0.717, 1.165) is 38.9 Å². The summed E-state index contributed by atoms with van der Waals surface area (Å²) in [5.41, 5.74) is 5.73. The molecule has 2 amide bonds. The topological polar surface area (TPSA) is 107 Å². The molecule has 5 rings (SSSR count). The Morgan fingerprint density at radius 2 is 1.82 bits per heavy atom. The van der Waals surface area contributed by atoms with E-state index in [4.69, 9.17) is 16.3 Å². The van der Waals surface area contributed by atoms with Crippen molar-refractivity contribution in [3.63, 3.8) is 0 Å². The molecule has 0 saturated heterocycles. The molecule has 2 heterocycles. The van der Waals surface area contributed by atoms with Crippen molar-refractivity contribution >= 4 is 51.6 Å². The van der Waals surface area contributed by atoms with Crippen LogP contribution in [0, 0.1) is 24.0 Å². The molecule has 1 aliphatic rings. The minimum Gasteiger partial charge on any atom is -0.469 e. The molecule has 194 valence electrons. The first-order chi connectivity index (χ1) is 18.2. The molecule has 3 aromatic carbocycles. The number of methoxy groups -OCH3 is 1. The number of amides is 2. The Kier molecular flexibility index (Phi) is 6.54. The highest BCUT2D eigenvalue weighted by molar-refractivity contribution is 6.30. The average molecular weight is 533 g/mol. The van der Waals surface area contributed by atoms with Crippen LogP contribution in [0.1, 0.15) is 16.8 Å². The summed E-state index contributed by atoms with van der Waals surface area (Å²) in [7, 11) is 1.34. The SMILES string of the molecule is COC(=O)Cc1c(C)c2c3c(cc(C)n3CCN2C(=O)Nc2ccccc2[N+](=O)[O-])c1-c1ccc(Cl)cc1. The predicted molar refractivity (Wildman–Crippen MR) is 147 cm³/mol. The number of nitrogens with zero attached hydrogens (tertiary/aromatic N) is 3. The number of urea groups is 1. The summed E-state index contributed by atoms with van der Waals surface area (Å²) in [6.07, 6.45) is 0.00702. The van der Waals surface area contributed by atoms with Gasteiger partial charge in [0.15, 0.2) is 0 Å². The Labute approximate surface area is 223 Å². The summed E-state index contributed by atoms with van der Waals surface area (Å²) in [5.74, 6) is -0.405. The van der Waals surface area contributed by atoms with E-state index in [1.54, 1.807) is 29.2 Å². The number of rotatable bonds is 5. The number of nitro groups is 1. The van der Waals surface area contributed by atoms with Crippen molar-refractivity contribution in [3.05, 3.63) is 86.6 Å². The number of para-hydroxylation sites is 2. The van der Waals surface area contributed by atoms with E-state index in [1.165, 1.54) is 19.2 Å². The highest BCUT2D eigenvalue weighted by Crippen LogP contribution is 2.45. The number of aromatic nitrogens is 1. The smallest absolute Gasteiger partial charge is 0.326 e. The van der Waals surface area contributed by atoms with E-state index >= 15 is 0 Å². The predicted octanol–water partition coefficient (Wildman–Crippen LogP) is 6.25. The summed E-state index contributed by atoms with van der Waals surface area (Å²) < 4.78 is 7.18. The van der Waals surface area contributed by atoms with Gasteiger partial charge in [0.2, 0.25) is 0 Å². The normalized spacial score (nSPS) is 12.5. The molecule has 0 bridgehead atoms. The second-order valence-corrected chi connectivity index (χ2v) is 9.58. The molecule has 1 aromatic heterocycles. The fraction of sp³-hybridized carbons (Fsp3) is 0.214. The Balaban J connectivity index is 1.72. The summed E-state index contributed by atoms with van der Waals surface area (Å²) in [5, 5.41) is 15.7. The third-order valence-electron chi connectivity index (χ3n) is 6.99. The fourth-order valence-electron chi connectivity index (χ4n) is 5.23. The van der Waals surface area contributed by atoms with E-state index in [1.807, 2.05) is 26.0 Å². The first-order valence-electron chi connectivity index (χ1n) is 12.0. The van der Waals surface area contributed by atoms with Crippen molar-refractivity contribution in [1.82, 2.24) is 4.57 Å². The zero-order chi connectivity index (χ0) is 27.1. The van der Waals surface area contributed by atoms with Crippen LogP contribution in [0.5, 0.6) is 0 Å². The molecule has 0 fully saturated rings. The van der Waals surface area contributed by atoms with Gasteiger partial charge >= 0.3 is 12.0 Å². The zero-order valence-electron chi connectivity index (χ0n) is 21.1. The van der Waals surface area contributed by atoms with Gasteiger partial charge in [0.05, 0.1) is 29.7 Å². The van der Waals surface area contributed by atoms with Gasteiger partial charge in [-0.25, -0.2) is 4.79 Å². The third-order valence-corrected chi connectivity index (χ3v) is 7.25. The zero-order valence-corrected chi connectivity index (χ0v) is 21.8. The molecule has 9 nitrogen and oxygen atoms in total. The van der Waals surface area contributed by atoms with Crippen molar-refractivity contribution in [2.24, 2.45) is 0 Å². The number of carbonyl (C=O) groups is 2. The van der Waals surface area contributed by atoms with Crippen LogP contribution in [-0.2, 0) is 22.5 Å². The van der Waals surface area contributed by atoms with Gasteiger partial charge in [0, 0.05) is 35.3 Å².